The quantitative estimate of drug-likeness (QED) is 0.788. The number of sulfone groups is 1. The van der Waals surface area contributed by atoms with E-state index in [1.807, 2.05) is 0 Å². The normalized spacial score (nSPS) is 22.2. The maximum Gasteiger partial charge on any atom is 0.297 e. The van der Waals surface area contributed by atoms with Crippen molar-refractivity contribution in [3.63, 3.8) is 0 Å². The Bertz CT molecular complexity index is 673. The van der Waals surface area contributed by atoms with Crippen LogP contribution in [-0.4, -0.2) is 28.7 Å². The molecule has 1 atom stereocenters. The molecule has 0 unspecified atom stereocenters. The van der Waals surface area contributed by atoms with Crippen molar-refractivity contribution in [1.82, 2.24) is 0 Å². The monoisotopic (exact) mass is 308 g/mol. The highest BCUT2D eigenvalue weighted by atomic mass is 35.5. The minimum atomic E-state index is -3.98. The van der Waals surface area contributed by atoms with Crippen molar-refractivity contribution in [3.05, 3.63) is 40.8 Å². The van der Waals surface area contributed by atoms with Crippen molar-refractivity contribution in [2.24, 2.45) is 0 Å². The van der Waals surface area contributed by atoms with Gasteiger partial charge in [-0.3, -0.25) is 4.18 Å². The highest BCUT2D eigenvalue weighted by Crippen LogP contribution is 2.20. The fourth-order valence-electron chi connectivity index (χ4n) is 1.43. The summed E-state index contributed by atoms with van der Waals surface area (Å²) in [5.74, 6) is -0.361. The van der Waals surface area contributed by atoms with E-state index < -0.39 is 26.1 Å². The van der Waals surface area contributed by atoms with E-state index in [0.717, 1.165) is 5.41 Å². The number of hydrogen-bond acceptors (Lipinski definition) is 5. The van der Waals surface area contributed by atoms with Crippen molar-refractivity contribution in [1.29, 1.82) is 0 Å². The molecule has 5 nitrogen and oxygen atoms in total. The molecule has 0 bridgehead atoms. The first kappa shape index (κ1) is 13.5. The average molecular weight is 309 g/mol. The van der Waals surface area contributed by atoms with E-state index >= 15 is 0 Å². The second-order valence-corrected chi connectivity index (χ2v) is 7.64. The molecule has 18 heavy (non-hydrogen) atoms. The molecule has 0 saturated carbocycles. The first-order chi connectivity index (χ1) is 8.28. The van der Waals surface area contributed by atoms with Crippen LogP contribution in [0.3, 0.4) is 0 Å². The van der Waals surface area contributed by atoms with Crippen LogP contribution in [0.5, 0.6) is 0 Å². The molecule has 1 heterocycles. The van der Waals surface area contributed by atoms with Crippen molar-refractivity contribution in [3.8, 4) is 0 Å². The molecular weight excluding hydrogens is 300 g/mol. The summed E-state index contributed by atoms with van der Waals surface area (Å²) in [6.45, 7) is 0. The Labute approximate surface area is 110 Å². The molecular formula is C10H9ClO5S2. The number of hydrogen-bond donors (Lipinski definition) is 0. The molecule has 1 aromatic rings. The fourth-order valence-corrected chi connectivity index (χ4v) is 3.84. The van der Waals surface area contributed by atoms with Crippen molar-refractivity contribution < 1.29 is 21.0 Å². The largest absolute Gasteiger partial charge is 0.297 e. The smallest absolute Gasteiger partial charge is 0.258 e. The van der Waals surface area contributed by atoms with E-state index in [-0.39, 0.29) is 10.6 Å². The Kier molecular flexibility index (Phi) is 3.50. The zero-order valence-electron chi connectivity index (χ0n) is 8.98. The SMILES string of the molecule is O=S1(=O)C=C[C@H](OS(=O)(=O)c2ccc(Cl)cc2)C1. The maximum absolute atomic E-state index is 11.8. The highest BCUT2D eigenvalue weighted by molar-refractivity contribution is 7.94. The predicted molar refractivity (Wildman–Crippen MR) is 66.4 cm³/mol. The molecule has 8 heteroatoms. The van der Waals surface area contributed by atoms with Crippen LogP contribution in [0.1, 0.15) is 0 Å². The van der Waals surface area contributed by atoms with Crippen LogP contribution in [0.2, 0.25) is 5.02 Å². The number of halogens is 1. The summed E-state index contributed by atoms with van der Waals surface area (Å²) in [4.78, 5) is -0.0652. The topological polar surface area (TPSA) is 77.5 Å². The van der Waals surface area contributed by atoms with Gasteiger partial charge >= 0.3 is 0 Å². The minimum Gasteiger partial charge on any atom is -0.258 e. The van der Waals surface area contributed by atoms with Crippen molar-refractivity contribution in [2.45, 2.75) is 11.0 Å². The van der Waals surface area contributed by atoms with Gasteiger partial charge in [0.05, 0.1) is 10.6 Å². The zero-order chi connectivity index (χ0) is 13.4. The Morgan fingerprint density at radius 1 is 1.22 bits per heavy atom. The van der Waals surface area contributed by atoms with Gasteiger partial charge in [-0.15, -0.1) is 0 Å². The summed E-state index contributed by atoms with van der Waals surface area (Å²) in [5.41, 5.74) is 0. The summed E-state index contributed by atoms with van der Waals surface area (Å²) >= 11 is 5.64. The van der Waals surface area contributed by atoms with Gasteiger partial charge in [0, 0.05) is 10.4 Å². The third-order valence-corrected chi connectivity index (χ3v) is 5.22. The van der Waals surface area contributed by atoms with Crippen molar-refractivity contribution in [2.75, 3.05) is 5.75 Å². The Morgan fingerprint density at radius 2 is 1.83 bits per heavy atom. The Balaban J connectivity index is 2.19. The summed E-state index contributed by atoms with van der Waals surface area (Å²) in [6, 6.07) is 5.42. The first-order valence-electron chi connectivity index (χ1n) is 4.88. The van der Waals surface area contributed by atoms with Gasteiger partial charge < -0.3 is 0 Å². The summed E-state index contributed by atoms with van der Waals surface area (Å²) in [5, 5.41) is 1.35. The van der Waals surface area contributed by atoms with E-state index in [2.05, 4.69) is 0 Å². The van der Waals surface area contributed by atoms with Gasteiger partial charge in [-0.1, -0.05) is 11.6 Å². The molecule has 0 fully saturated rings. The van der Waals surface area contributed by atoms with Crippen LogP contribution in [0.25, 0.3) is 0 Å². The molecule has 1 aliphatic heterocycles. The van der Waals surface area contributed by atoms with Crippen LogP contribution in [0.4, 0.5) is 0 Å². The number of rotatable bonds is 3. The third-order valence-electron chi connectivity index (χ3n) is 2.25. The van der Waals surface area contributed by atoms with Gasteiger partial charge in [0.1, 0.15) is 6.10 Å². The molecule has 2 rings (SSSR count). The summed E-state index contributed by atoms with van der Waals surface area (Å²) < 4.78 is 50.7. The van der Waals surface area contributed by atoms with E-state index in [1.165, 1.54) is 30.3 Å². The van der Waals surface area contributed by atoms with Crippen LogP contribution in [0, 0.1) is 0 Å². The van der Waals surface area contributed by atoms with Gasteiger partial charge in [0.25, 0.3) is 10.1 Å². The lowest BCUT2D eigenvalue weighted by Gasteiger charge is -2.09. The van der Waals surface area contributed by atoms with Gasteiger partial charge in [0.2, 0.25) is 0 Å². The second kappa shape index (κ2) is 4.65. The van der Waals surface area contributed by atoms with Gasteiger partial charge in [-0.05, 0) is 30.3 Å². The molecule has 1 aromatic carbocycles. The van der Waals surface area contributed by atoms with Crippen LogP contribution in [-0.2, 0) is 24.1 Å². The molecule has 0 aromatic heterocycles. The van der Waals surface area contributed by atoms with Crippen LogP contribution in [0.15, 0.2) is 40.6 Å². The van der Waals surface area contributed by atoms with E-state index in [4.69, 9.17) is 15.8 Å². The van der Waals surface area contributed by atoms with E-state index in [1.54, 1.807) is 0 Å². The zero-order valence-corrected chi connectivity index (χ0v) is 11.4. The minimum absolute atomic E-state index is 0.0652. The molecule has 0 spiro atoms. The fraction of sp³-hybridized carbons (Fsp3) is 0.200. The molecule has 0 saturated heterocycles. The van der Waals surface area contributed by atoms with Crippen LogP contribution >= 0.6 is 11.6 Å². The lowest BCUT2D eigenvalue weighted by atomic mass is 10.4. The standard InChI is InChI=1S/C10H9ClO5S2/c11-8-1-3-10(4-2-8)18(14,15)16-9-5-6-17(12,13)7-9/h1-6,9H,7H2/t9-/m0/s1. The number of benzene rings is 1. The van der Waals surface area contributed by atoms with E-state index in [9.17, 15) is 16.8 Å². The van der Waals surface area contributed by atoms with Crippen molar-refractivity contribution >= 4 is 31.6 Å². The summed E-state index contributed by atoms with van der Waals surface area (Å²) in [7, 11) is -7.33. The third kappa shape index (κ3) is 3.11. The van der Waals surface area contributed by atoms with Gasteiger partial charge in [-0.2, -0.15) is 8.42 Å². The molecule has 0 radical (unpaired) electrons. The predicted octanol–water partition coefficient (Wildman–Crippen LogP) is 1.36. The molecule has 98 valence electrons. The molecule has 0 aliphatic carbocycles. The lowest BCUT2D eigenvalue weighted by molar-refractivity contribution is 0.279. The summed E-state index contributed by atoms with van der Waals surface area (Å²) in [6.07, 6.45) is 0.235. The van der Waals surface area contributed by atoms with Gasteiger partial charge in [0.15, 0.2) is 9.84 Å². The average Bonchev–Trinajstić information content (AvgIpc) is 2.57. The first-order valence-corrected chi connectivity index (χ1v) is 8.38. The molecule has 0 amide bonds. The Hall–Kier alpha value is -0.890. The van der Waals surface area contributed by atoms with Crippen LogP contribution < -0.4 is 0 Å². The molecule has 1 aliphatic rings. The lowest BCUT2D eigenvalue weighted by Crippen LogP contribution is -2.20. The van der Waals surface area contributed by atoms with Gasteiger partial charge in [-0.25, -0.2) is 8.42 Å². The highest BCUT2D eigenvalue weighted by Gasteiger charge is 2.28. The maximum atomic E-state index is 11.8. The van der Waals surface area contributed by atoms with E-state index in [0.29, 0.717) is 5.02 Å². The molecule has 0 N–H and O–H groups in total. The Morgan fingerprint density at radius 3 is 2.33 bits per heavy atom. The second-order valence-electron chi connectivity index (χ2n) is 3.70.